The zero-order valence-corrected chi connectivity index (χ0v) is 11.1. The first-order chi connectivity index (χ1) is 8.11. The number of carbonyl (C=O) groups is 1. The largest absolute Gasteiger partial charge is 0.465 e. The van der Waals surface area contributed by atoms with Crippen LogP contribution < -0.4 is 0 Å². The quantitative estimate of drug-likeness (QED) is 0.787. The van der Waals surface area contributed by atoms with Gasteiger partial charge in [0.25, 0.3) is 0 Å². The second kappa shape index (κ2) is 5.04. The van der Waals surface area contributed by atoms with E-state index in [1.807, 2.05) is 0 Å². The van der Waals surface area contributed by atoms with Crippen molar-refractivity contribution < 1.29 is 9.53 Å². The Morgan fingerprint density at radius 3 is 2.53 bits per heavy atom. The molecule has 1 aromatic carbocycles. The molecular formula is C11H7Cl2NO2S. The highest BCUT2D eigenvalue weighted by Crippen LogP contribution is 2.31. The summed E-state index contributed by atoms with van der Waals surface area (Å²) in [5.41, 5.74) is 1.29. The third kappa shape index (κ3) is 2.60. The maximum Gasteiger partial charge on any atom is 0.350 e. The van der Waals surface area contributed by atoms with Crippen molar-refractivity contribution in [3.8, 4) is 11.3 Å². The Kier molecular flexibility index (Phi) is 3.66. The van der Waals surface area contributed by atoms with Crippen LogP contribution in [-0.2, 0) is 4.74 Å². The van der Waals surface area contributed by atoms with Crippen molar-refractivity contribution in [2.45, 2.75) is 0 Å². The predicted molar refractivity (Wildman–Crippen MR) is 68.9 cm³/mol. The Bertz CT molecular complexity index is 551. The minimum atomic E-state index is -0.445. The first-order valence-corrected chi connectivity index (χ1v) is 6.19. The highest BCUT2D eigenvalue weighted by molar-refractivity contribution is 7.17. The number of nitrogens with zero attached hydrogens (tertiary/aromatic N) is 1. The van der Waals surface area contributed by atoms with Gasteiger partial charge >= 0.3 is 5.97 Å². The summed E-state index contributed by atoms with van der Waals surface area (Å²) in [6.45, 7) is 0. The third-order valence-corrected chi connectivity index (χ3v) is 3.48. The lowest BCUT2D eigenvalue weighted by molar-refractivity contribution is 0.0607. The van der Waals surface area contributed by atoms with Crippen molar-refractivity contribution in [2.75, 3.05) is 7.11 Å². The van der Waals surface area contributed by atoms with Crippen LogP contribution in [0.5, 0.6) is 0 Å². The molecule has 17 heavy (non-hydrogen) atoms. The molecule has 0 aliphatic rings. The molecule has 1 aromatic heterocycles. The van der Waals surface area contributed by atoms with E-state index in [4.69, 9.17) is 23.2 Å². The summed E-state index contributed by atoms with van der Waals surface area (Å²) in [4.78, 5) is 16.1. The summed E-state index contributed by atoms with van der Waals surface area (Å²) in [6, 6.07) is 7.01. The number of rotatable bonds is 2. The topological polar surface area (TPSA) is 39.2 Å². The van der Waals surface area contributed by atoms with Gasteiger partial charge in [0.1, 0.15) is 4.88 Å². The van der Waals surface area contributed by atoms with E-state index in [1.54, 1.807) is 24.3 Å². The summed E-state index contributed by atoms with van der Waals surface area (Å²) in [6.07, 6.45) is 0. The fourth-order valence-corrected chi connectivity index (χ4v) is 2.50. The first-order valence-electron chi connectivity index (χ1n) is 4.62. The van der Waals surface area contributed by atoms with Crippen molar-refractivity contribution in [2.24, 2.45) is 0 Å². The Morgan fingerprint density at radius 1 is 1.29 bits per heavy atom. The van der Waals surface area contributed by atoms with Gasteiger partial charge in [0.05, 0.1) is 12.8 Å². The average Bonchev–Trinajstić information content (AvgIpc) is 2.71. The van der Waals surface area contributed by atoms with Gasteiger partial charge in [-0.25, -0.2) is 9.78 Å². The van der Waals surface area contributed by atoms with Crippen LogP contribution in [0, 0.1) is 0 Å². The van der Waals surface area contributed by atoms with Crippen LogP contribution in [-0.4, -0.2) is 18.1 Å². The number of carbonyl (C=O) groups excluding carboxylic acids is 1. The first kappa shape index (κ1) is 12.4. The van der Waals surface area contributed by atoms with Crippen molar-refractivity contribution >= 4 is 40.5 Å². The molecule has 0 bridgehead atoms. The Labute approximate surface area is 112 Å². The Balaban J connectivity index is 2.51. The molecule has 0 spiro atoms. The molecule has 88 valence electrons. The molecule has 0 saturated heterocycles. The summed E-state index contributed by atoms with van der Waals surface area (Å²) in [7, 11) is 1.32. The molecule has 0 radical (unpaired) electrons. The van der Waals surface area contributed by atoms with Gasteiger partial charge in [0, 0.05) is 10.6 Å². The standard InChI is InChI=1S/C11H7Cl2NO2S/c1-16-10(15)9-8(14-11(13)17-9)6-2-4-7(12)5-3-6/h2-5H,1H3. The molecule has 3 nitrogen and oxygen atoms in total. The summed E-state index contributed by atoms with van der Waals surface area (Å²) in [5, 5.41) is 0.620. The van der Waals surface area contributed by atoms with Gasteiger partial charge in [-0.1, -0.05) is 46.7 Å². The smallest absolute Gasteiger partial charge is 0.350 e. The van der Waals surface area contributed by atoms with E-state index in [0.29, 0.717) is 20.1 Å². The van der Waals surface area contributed by atoms with Gasteiger partial charge in [-0.3, -0.25) is 0 Å². The van der Waals surface area contributed by atoms with Crippen LogP contribution >= 0.6 is 34.5 Å². The number of hydrogen-bond donors (Lipinski definition) is 0. The number of ether oxygens (including phenoxy) is 1. The molecule has 0 atom stereocenters. The van der Waals surface area contributed by atoms with Gasteiger partial charge in [0.2, 0.25) is 0 Å². The van der Waals surface area contributed by atoms with Crippen LogP contribution in [0.15, 0.2) is 24.3 Å². The highest BCUT2D eigenvalue weighted by Gasteiger charge is 2.19. The third-order valence-electron chi connectivity index (χ3n) is 2.09. The van der Waals surface area contributed by atoms with Crippen LogP contribution in [0.25, 0.3) is 11.3 Å². The summed E-state index contributed by atoms with van der Waals surface area (Å²) >= 11 is 12.7. The van der Waals surface area contributed by atoms with E-state index in [-0.39, 0.29) is 0 Å². The van der Waals surface area contributed by atoms with Crippen molar-refractivity contribution in [3.05, 3.63) is 38.6 Å². The second-order valence-corrected chi connectivity index (χ2v) is 5.16. The van der Waals surface area contributed by atoms with Gasteiger partial charge in [-0.15, -0.1) is 0 Å². The molecule has 0 fully saturated rings. The highest BCUT2D eigenvalue weighted by atomic mass is 35.5. The van der Waals surface area contributed by atoms with Gasteiger partial charge < -0.3 is 4.74 Å². The monoisotopic (exact) mass is 287 g/mol. The Morgan fingerprint density at radius 2 is 1.94 bits per heavy atom. The molecule has 2 aromatic rings. The van der Waals surface area contributed by atoms with Crippen molar-refractivity contribution in [1.82, 2.24) is 4.98 Å². The zero-order chi connectivity index (χ0) is 12.4. The fourth-order valence-electron chi connectivity index (χ4n) is 1.33. The van der Waals surface area contributed by atoms with Crippen molar-refractivity contribution in [1.29, 1.82) is 0 Å². The van der Waals surface area contributed by atoms with E-state index < -0.39 is 5.97 Å². The molecule has 1 heterocycles. The molecule has 2 rings (SSSR count). The van der Waals surface area contributed by atoms with Crippen LogP contribution in [0.3, 0.4) is 0 Å². The van der Waals surface area contributed by atoms with Crippen LogP contribution in [0.1, 0.15) is 9.67 Å². The minimum Gasteiger partial charge on any atom is -0.465 e. The second-order valence-electron chi connectivity index (χ2n) is 3.14. The molecular weight excluding hydrogens is 281 g/mol. The Hall–Kier alpha value is -1.10. The number of aromatic nitrogens is 1. The lowest BCUT2D eigenvalue weighted by Gasteiger charge is -2.00. The number of methoxy groups -OCH3 is 1. The number of hydrogen-bond acceptors (Lipinski definition) is 4. The number of benzene rings is 1. The van der Waals surface area contributed by atoms with E-state index >= 15 is 0 Å². The summed E-state index contributed by atoms with van der Waals surface area (Å²) < 4.78 is 4.98. The summed E-state index contributed by atoms with van der Waals surface area (Å²) in [5.74, 6) is -0.445. The lowest BCUT2D eigenvalue weighted by atomic mass is 10.1. The minimum absolute atomic E-state index is 0.301. The van der Waals surface area contributed by atoms with E-state index in [0.717, 1.165) is 16.9 Å². The van der Waals surface area contributed by atoms with Crippen molar-refractivity contribution in [3.63, 3.8) is 0 Å². The van der Waals surface area contributed by atoms with Gasteiger partial charge in [-0.05, 0) is 12.1 Å². The van der Waals surface area contributed by atoms with E-state index in [9.17, 15) is 4.79 Å². The molecule has 0 N–H and O–H groups in total. The normalized spacial score (nSPS) is 10.3. The molecule has 0 unspecified atom stereocenters. The lowest BCUT2D eigenvalue weighted by Crippen LogP contribution is -2.00. The number of halogens is 2. The molecule has 0 amide bonds. The predicted octanol–water partition coefficient (Wildman–Crippen LogP) is 3.90. The van der Waals surface area contributed by atoms with Gasteiger partial charge in [0.15, 0.2) is 4.47 Å². The average molecular weight is 288 g/mol. The maximum atomic E-state index is 11.6. The zero-order valence-electron chi connectivity index (χ0n) is 8.74. The molecule has 0 aliphatic heterocycles. The SMILES string of the molecule is COC(=O)c1sc(Cl)nc1-c1ccc(Cl)cc1. The number of esters is 1. The number of thiazole rings is 1. The van der Waals surface area contributed by atoms with Gasteiger partial charge in [-0.2, -0.15) is 0 Å². The van der Waals surface area contributed by atoms with Crippen LogP contribution in [0.2, 0.25) is 9.49 Å². The molecule has 0 saturated carbocycles. The van der Waals surface area contributed by atoms with E-state index in [1.165, 1.54) is 7.11 Å². The maximum absolute atomic E-state index is 11.6. The molecule has 0 aliphatic carbocycles. The molecule has 6 heteroatoms. The van der Waals surface area contributed by atoms with E-state index in [2.05, 4.69) is 9.72 Å². The van der Waals surface area contributed by atoms with Crippen LogP contribution in [0.4, 0.5) is 0 Å². The fraction of sp³-hybridized carbons (Fsp3) is 0.0909.